The molecule has 0 bridgehead atoms. The van der Waals surface area contributed by atoms with E-state index in [2.05, 4.69) is 0 Å². The van der Waals surface area contributed by atoms with E-state index in [0.717, 1.165) is 0 Å². The molecule has 0 aromatic carbocycles. The second-order valence-electron chi connectivity index (χ2n) is 0.513. The molecule has 0 aromatic rings. The van der Waals surface area contributed by atoms with Crippen LogP contribution in [0.5, 0.6) is 0 Å². The summed E-state index contributed by atoms with van der Waals surface area (Å²) in [6.45, 7) is 0. The van der Waals surface area contributed by atoms with Crippen LogP contribution in [0.3, 0.4) is 0 Å². The first-order chi connectivity index (χ1) is 2.00. The van der Waals surface area contributed by atoms with E-state index < -0.39 is 14.5 Å². The van der Waals surface area contributed by atoms with Gasteiger partial charge < -0.3 is 0 Å². The summed E-state index contributed by atoms with van der Waals surface area (Å²) in [5.74, 6) is 0. The molecular formula is H6AsBO4. The molecule has 0 saturated carbocycles. The fourth-order valence-electron chi connectivity index (χ4n) is 0. The average molecular weight is 156 g/mol. The van der Waals surface area contributed by atoms with Gasteiger partial charge in [0.15, 0.2) is 0 Å². The van der Waals surface area contributed by atoms with E-state index in [-0.39, 0.29) is 8.41 Å². The molecule has 6 heavy (non-hydrogen) atoms. The summed E-state index contributed by atoms with van der Waals surface area (Å²) in [5, 5.41) is 0. The minimum absolute atomic E-state index is 0. The molecule has 6 heteroatoms. The number of hydrogen-bond donors (Lipinski definition) is 3. The van der Waals surface area contributed by atoms with Gasteiger partial charge in [-0.15, -0.1) is 0 Å². The van der Waals surface area contributed by atoms with Crippen LogP contribution >= 0.6 is 0 Å². The molecule has 0 radical (unpaired) electrons. The summed E-state index contributed by atoms with van der Waals surface area (Å²) in [6, 6.07) is 0. The zero-order valence-electron chi connectivity index (χ0n) is 2.20. The van der Waals surface area contributed by atoms with Crippen LogP contribution in [0, 0.1) is 0 Å². The van der Waals surface area contributed by atoms with Crippen LogP contribution in [0.25, 0.3) is 0 Å². The van der Waals surface area contributed by atoms with Gasteiger partial charge in [0.1, 0.15) is 0 Å². The van der Waals surface area contributed by atoms with Crippen LogP contribution in [0.15, 0.2) is 0 Å². The van der Waals surface area contributed by atoms with Crippen LogP contribution in [-0.4, -0.2) is 35.2 Å². The van der Waals surface area contributed by atoms with E-state index in [1.807, 2.05) is 0 Å². The topological polar surface area (TPSA) is 77.8 Å². The van der Waals surface area contributed by atoms with Crippen molar-refractivity contribution in [1.29, 1.82) is 0 Å². The Morgan fingerprint density at radius 2 is 1.17 bits per heavy atom. The Morgan fingerprint density at radius 3 is 1.17 bits per heavy atom. The third kappa shape index (κ3) is 510. The van der Waals surface area contributed by atoms with Gasteiger partial charge in [0.05, 0.1) is 8.41 Å². The molecule has 3 N–H and O–H groups in total. The van der Waals surface area contributed by atoms with Crippen molar-refractivity contribution in [3.8, 4) is 0 Å². The monoisotopic (exact) mass is 156 g/mol. The van der Waals surface area contributed by atoms with Crippen molar-refractivity contribution < 1.29 is 16.0 Å². The number of hydrogen-bond acceptors (Lipinski definition) is 1. The Kier molecular flexibility index (Phi) is 3.94. The molecule has 4 nitrogen and oxygen atoms in total. The van der Waals surface area contributed by atoms with Crippen LogP contribution in [0.1, 0.15) is 0 Å². The Bertz CT molecular complexity index is 53.7. The van der Waals surface area contributed by atoms with Crippen molar-refractivity contribution >= 4 is 22.9 Å². The predicted molar refractivity (Wildman–Crippen MR) is 23.0 cm³/mol. The Labute approximate surface area is 39.7 Å². The van der Waals surface area contributed by atoms with Crippen molar-refractivity contribution in [2.45, 2.75) is 0 Å². The van der Waals surface area contributed by atoms with E-state index in [1.165, 1.54) is 0 Å². The molecule has 0 aliphatic rings. The van der Waals surface area contributed by atoms with Gasteiger partial charge >= 0.3 is 30.5 Å². The van der Waals surface area contributed by atoms with E-state index in [4.69, 9.17) is 16.0 Å². The molecule has 38 valence electrons. The summed E-state index contributed by atoms with van der Waals surface area (Å²) in [6.07, 6.45) is 0. The van der Waals surface area contributed by atoms with E-state index in [0.29, 0.717) is 0 Å². The van der Waals surface area contributed by atoms with Crippen molar-refractivity contribution in [2.75, 3.05) is 0 Å². The summed E-state index contributed by atoms with van der Waals surface area (Å²) < 4.78 is 30.7. The molecule has 0 saturated heterocycles. The normalized spacial score (nSPS) is 9.83. The van der Waals surface area contributed by atoms with Gasteiger partial charge in [-0.05, 0) is 0 Å². The van der Waals surface area contributed by atoms with Gasteiger partial charge in [0, 0.05) is 0 Å². The summed E-state index contributed by atoms with van der Waals surface area (Å²) in [5.41, 5.74) is 0. The van der Waals surface area contributed by atoms with Gasteiger partial charge in [0.2, 0.25) is 0 Å². The van der Waals surface area contributed by atoms with Gasteiger partial charge in [-0.1, -0.05) is 0 Å². The summed E-state index contributed by atoms with van der Waals surface area (Å²) >= 11 is -5.12. The van der Waals surface area contributed by atoms with Crippen molar-refractivity contribution in [3.05, 3.63) is 0 Å². The fraction of sp³-hybridized carbons (Fsp3) is 0. The first kappa shape index (κ1) is 9.57. The molecule has 0 spiro atoms. The fourth-order valence-corrected chi connectivity index (χ4v) is 0. The van der Waals surface area contributed by atoms with Gasteiger partial charge in [0.25, 0.3) is 0 Å². The van der Waals surface area contributed by atoms with Gasteiger partial charge in [-0.25, -0.2) is 0 Å². The molecule has 0 unspecified atom stereocenters. The second kappa shape index (κ2) is 2.47. The first-order valence-corrected chi connectivity index (χ1v) is 4.07. The molecular weight excluding hydrogens is 150 g/mol. The van der Waals surface area contributed by atoms with Crippen molar-refractivity contribution in [1.82, 2.24) is 0 Å². The SMILES string of the molecule is B.O=[As](O)(O)O. The van der Waals surface area contributed by atoms with Gasteiger partial charge in [-0.3, -0.25) is 0 Å². The molecule has 0 aliphatic carbocycles. The quantitative estimate of drug-likeness (QED) is 0.320. The molecule has 0 atom stereocenters. The maximum atomic E-state index is 8.94. The van der Waals surface area contributed by atoms with Crippen LogP contribution in [-0.2, 0) is 3.74 Å². The Hall–Kier alpha value is 0.303. The standard InChI is InChI=1S/AsH3O4.BH3/c2-1(3,4)5;/h(H3,2,3,4,5);1H3. The van der Waals surface area contributed by atoms with E-state index in [1.54, 1.807) is 0 Å². The van der Waals surface area contributed by atoms with Gasteiger partial charge in [-0.2, -0.15) is 0 Å². The number of rotatable bonds is 0. The minimum atomic E-state index is -5.12. The predicted octanol–water partition coefficient (Wildman–Crippen LogP) is -3.35. The Morgan fingerprint density at radius 1 is 1.17 bits per heavy atom. The first-order valence-electron chi connectivity index (χ1n) is 0.783. The molecule has 0 fully saturated rings. The molecule has 0 aromatic heterocycles. The summed E-state index contributed by atoms with van der Waals surface area (Å²) in [7, 11) is 0. The molecule has 0 rings (SSSR count). The second-order valence-corrected chi connectivity index (χ2v) is 2.67. The van der Waals surface area contributed by atoms with Crippen molar-refractivity contribution in [3.63, 3.8) is 0 Å². The van der Waals surface area contributed by atoms with Crippen LogP contribution < -0.4 is 0 Å². The zero-order chi connectivity index (χ0) is 4.50. The van der Waals surface area contributed by atoms with E-state index >= 15 is 0 Å². The molecule has 0 amide bonds. The van der Waals surface area contributed by atoms with Crippen molar-refractivity contribution in [2.24, 2.45) is 0 Å². The average Bonchev–Trinajstić information content (AvgIpc) is 0.722. The molecule has 0 heterocycles. The molecule has 0 aliphatic heterocycles. The zero-order valence-corrected chi connectivity index (χ0v) is 4.07. The Balaban J connectivity index is 0. The van der Waals surface area contributed by atoms with Crippen LogP contribution in [0.2, 0.25) is 0 Å². The third-order valence-electron chi connectivity index (χ3n) is 0. The maximum absolute atomic E-state index is 8.94. The third-order valence-corrected chi connectivity index (χ3v) is 0. The summed E-state index contributed by atoms with van der Waals surface area (Å²) in [4.78, 5) is 0. The van der Waals surface area contributed by atoms with Crippen LogP contribution in [0.4, 0.5) is 0 Å². The van der Waals surface area contributed by atoms with E-state index in [9.17, 15) is 0 Å².